The van der Waals surface area contributed by atoms with E-state index < -0.39 is 11.8 Å². The van der Waals surface area contributed by atoms with Crippen LogP contribution in [0.3, 0.4) is 0 Å². The fraction of sp³-hybridized carbons (Fsp3) is 0.600. The summed E-state index contributed by atoms with van der Waals surface area (Å²) in [5.41, 5.74) is 1.75. The minimum absolute atomic E-state index is 0.0874. The summed E-state index contributed by atoms with van der Waals surface area (Å²) in [5, 5.41) is 5.94. The molecule has 0 radical (unpaired) electrons. The quantitative estimate of drug-likeness (QED) is 0.657. The summed E-state index contributed by atoms with van der Waals surface area (Å²) < 4.78 is 2.12. The first kappa shape index (κ1) is 21.2. The number of imide groups is 1. The molecule has 29 heavy (non-hydrogen) atoms. The molecule has 3 heterocycles. The Hall–Kier alpha value is -2.52. The van der Waals surface area contributed by atoms with E-state index in [-0.39, 0.29) is 24.1 Å². The van der Waals surface area contributed by atoms with Crippen LogP contribution >= 0.6 is 0 Å². The number of amides is 3. The summed E-state index contributed by atoms with van der Waals surface area (Å²) in [7, 11) is 0. The highest BCUT2D eigenvalue weighted by molar-refractivity contribution is 6.12. The van der Waals surface area contributed by atoms with Crippen molar-refractivity contribution in [2.45, 2.75) is 39.7 Å². The molecule has 0 spiro atoms. The maximum atomic E-state index is 12.5. The van der Waals surface area contributed by atoms with E-state index in [2.05, 4.69) is 38.9 Å². The molecular weight excluding hydrogens is 372 g/mol. The van der Waals surface area contributed by atoms with E-state index in [1.54, 1.807) is 12.4 Å². The van der Waals surface area contributed by atoms with Gasteiger partial charge in [-0.3, -0.25) is 19.3 Å². The smallest absolute Gasteiger partial charge is 0.277 e. The lowest BCUT2D eigenvalue weighted by Gasteiger charge is -2.27. The van der Waals surface area contributed by atoms with E-state index >= 15 is 0 Å². The van der Waals surface area contributed by atoms with Crippen molar-refractivity contribution < 1.29 is 14.4 Å². The largest absolute Gasteiger partial charge is 0.334 e. The average Bonchev–Trinajstić information content (AvgIpc) is 3.07. The molecule has 9 heteroatoms. The first-order valence-corrected chi connectivity index (χ1v) is 10.2. The zero-order valence-corrected chi connectivity index (χ0v) is 17.4. The van der Waals surface area contributed by atoms with Crippen LogP contribution in [-0.4, -0.2) is 76.3 Å². The Morgan fingerprint density at radius 2 is 1.97 bits per heavy atom. The SMILES string of the molecule is CC(=O)N1CC(=O)N/C(=C\c2ncn(CCCN3CCNCC3)c2C(C)C)C1=O. The summed E-state index contributed by atoms with van der Waals surface area (Å²) in [5.74, 6) is -1.13. The first-order chi connectivity index (χ1) is 13.9. The van der Waals surface area contributed by atoms with E-state index in [1.165, 1.54) is 6.92 Å². The van der Waals surface area contributed by atoms with Gasteiger partial charge in [0.15, 0.2) is 0 Å². The minimum Gasteiger partial charge on any atom is -0.334 e. The summed E-state index contributed by atoms with van der Waals surface area (Å²) in [6, 6.07) is 0. The van der Waals surface area contributed by atoms with E-state index in [4.69, 9.17) is 0 Å². The van der Waals surface area contributed by atoms with Crippen LogP contribution in [0.15, 0.2) is 12.0 Å². The molecule has 3 amide bonds. The van der Waals surface area contributed by atoms with Crippen LogP contribution in [0.5, 0.6) is 0 Å². The minimum atomic E-state index is -0.500. The fourth-order valence-electron chi connectivity index (χ4n) is 3.82. The van der Waals surface area contributed by atoms with E-state index in [0.29, 0.717) is 5.69 Å². The van der Waals surface area contributed by atoms with Gasteiger partial charge in [-0.2, -0.15) is 0 Å². The van der Waals surface area contributed by atoms with Crippen molar-refractivity contribution in [3.05, 3.63) is 23.4 Å². The van der Waals surface area contributed by atoms with Crippen molar-refractivity contribution in [1.82, 2.24) is 30.0 Å². The standard InChI is InChI=1S/C20H30N6O3/c1-14(2)19-16(11-17-20(29)26(15(3)27)12-18(28)23-17)22-13-25(19)8-4-7-24-9-5-21-6-10-24/h11,13-14,21H,4-10,12H2,1-3H3,(H,23,28)/b17-11-. The van der Waals surface area contributed by atoms with Crippen molar-refractivity contribution in [1.29, 1.82) is 0 Å². The first-order valence-electron chi connectivity index (χ1n) is 10.2. The van der Waals surface area contributed by atoms with Crippen LogP contribution in [0.1, 0.15) is 44.5 Å². The van der Waals surface area contributed by atoms with Gasteiger partial charge in [-0.15, -0.1) is 0 Å². The Bertz CT molecular complexity index is 807. The van der Waals surface area contributed by atoms with Crippen molar-refractivity contribution in [2.75, 3.05) is 39.3 Å². The molecule has 1 aromatic rings. The van der Waals surface area contributed by atoms with Crippen LogP contribution in [0.4, 0.5) is 0 Å². The lowest BCUT2D eigenvalue weighted by atomic mass is 10.1. The number of hydrogen-bond acceptors (Lipinski definition) is 6. The summed E-state index contributed by atoms with van der Waals surface area (Å²) in [6.07, 6.45) is 4.38. The lowest BCUT2D eigenvalue weighted by Crippen LogP contribution is -2.51. The summed E-state index contributed by atoms with van der Waals surface area (Å²) in [4.78, 5) is 44.0. The molecule has 9 nitrogen and oxygen atoms in total. The molecule has 2 aliphatic heterocycles. The molecule has 158 valence electrons. The monoisotopic (exact) mass is 402 g/mol. The molecule has 2 saturated heterocycles. The van der Waals surface area contributed by atoms with E-state index in [1.807, 2.05) is 0 Å². The van der Waals surface area contributed by atoms with Crippen LogP contribution < -0.4 is 10.6 Å². The molecule has 1 aromatic heterocycles. The highest BCUT2D eigenvalue weighted by atomic mass is 16.2. The normalized spacial score (nSPS) is 19.9. The van der Waals surface area contributed by atoms with Crippen molar-refractivity contribution in [3.63, 3.8) is 0 Å². The molecule has 0 unspecified atom stereocenters. The number of aryl methyl sites for hydroxylation is 1. The number of aromatic nitrogens is 2. The highest BCUT2D eigenvalue weighted by Gasteiger charge is 2.31. The van der Waals surface area contributed by atoms with Gasteiger partial charge in [0.1, 0.15) is 12.2 Å². The van der Waals surface area contributed by atoms with Crippen molar-refractivity contribution in [2.24, 2.45) is 0 Å². The van der Waals surface area contributed by atoms with Crippen LogP contribution in [0.2, 0.25) is 0 Å². The third-order valence-corrected chi connectivity index (χ3v) is 5.25. The number of carbonyl (C=O) groups excluding carboxylic acids is 3. The van der Waals surface area contributed by atoms with Gasteiger partial charge in [0.25, 0.3) is 5.91 Å². The molecular formula is C20H30N6O3. The number of piperazine rings is 2. The molecule has 0 aliphatic carbocycles. The molecule has 0 saturated carbocycles. The zero-order chi connectivity index (χ0) is 21.0. The fourth-order valence-corrected chi connectivity index (χ4v) is 3.82. The average molecular weight is 402 g/mol. The Kier molecular flexibility index (Phi) is 6.81. The second-order valence-corrected chi connectivity index (χ2v) is 7.82. The maximum Gasteiger partial charge on any atom is 0.277 e. The Morgan fingerprint density at radius 1 is 1.24 bits per heavy atom. The third kappa shape index (κ3) is 5.10. The number of nitrogens with one attached hydrogen (secondary N) is 2. The summed E-state index contributed by atoms with van der Waals surface area (Å²) >= 11 is 0. The second kappa shape index (κ2) is 9.32. The van der Waals surface area contributed by atoms with Crippen molar-refractivity contribution >= 4 is 23.8 Å². The highest BCUT2D eigenvalue weighted by Crippen LogP contribution is 2.22. The lowest BCUT2D eigenvalue weighted by molar-refractivity contribution is -0.147. The Morgan fingerprint density at radius 3 is 2.62 bits per heavy atom. The molecule has 0 aromatic carbocycles. The van der Waals surface area contributed by atoms with Gasteiger partial charge in [-0.25, -0.2) is 4.98 Å². The number of carbonyl (C=O) groups is 3. The Balaban J connectivity index is 1.75. The molecule has 2 N–H and O–H groups in total. The van der Waals surface area contributed by atoms with Gasteiger partial charge >= 0.3 is 0 Å². The molecule has 3 rings (SSSR count). The van der Waals surface area contributed by atoms with Gasteiger partial charge in [0, 0.05) is 45.3 Å². The Labute approximate surface area is 171 Å². The predicted octanol–water partition coefficient (Wildman–Crippen LogP) is 0.148. The van der Waals surface area contributed by atoms with E-state index in [0.717, 1.165) is 56.3 Å². The molecule has 2 fully saturated rings. The van der Waals surface area contributed by atoms with Gasteiger partial charge in [-0.1, -0.05) is 13.8 Å². The number of nitrogens with zero attached hydrogens (tertiary/aromatic N) is 4. The third-order valence-electron chi connectivity index (χ3n) is 5.25. The molecule has 0 bridgehead atoms. The number of imidazole rings is 1. The van der Waals surface area contributed by atoms with Crippen molar-refractivity contribution in [3.8, 4) is 0 Å². The van der Waals surface area contributed by atoms with Gasteiger partial charge < -0.3 is 20.1 Å². The zero-order valence-electron chi connectivity index (χ0n) is 17.4. The van der Waals surface area contributed by atoms with Crippen LogP contribution in [-0.2, 0) is 20.9 Å². The predicted molar refractivity (Wildman–Crippen MR) is 109 cm³/mol. The molecule has 0 atom stereocenters. The van der Waals surface area contributed by atoms with Gasteiger partial charge in [0.2, 0.25) is 11.8 Å². The number of hydrogen-bond donors (Lipinski definition) is 2. The molecule has 2 aliphatic rings. The number of rotatable bonds is 6. The summed E-state index contributed by atoms with van der Waals surface area (Å²) in [6.45, 7) is 11.3. The van der Waals surface area contributed by atoms with Crippen LogP contribution in [0.25, 0.3) is 6.08 Å². The second-order valence-electron chi connectivity index (χ2n) is 7.82. The topological polar surface area (TPSA) is 99.6 Å². The van der Waals surface area contributed by atoms with Gasteiger partial charge in [-0.05, 0) is 25.0 Å². The van der Waals surface area contributed by atoms with Gasteiger partial charge in [0.05, 0.1) is 12.0 Å². The van der Waals surface area contributed by atoms with E-state index in [9.17, 15) is 14.4 Å². The van der Waals surface area contributed by atoms with Crippen LogP contribution in [0, 0.1) is 0 Å². The maximum absolute atomic E-state index is 12.5.